The Hall–Kier alpha value is 0. The first-order valence-corrected chi connectivity index (χ1v) is 7.85. The minimum atomic E-state index is 0.530. The van der Waals surface area contributed by atoms with Crippen molar-refractivity contribution >= 4 is 0 Å². The third-order valence-electron chi connectivity index (χ3n) is 5.17. The van der Waals surface area contributed by atoms with Crippen molar-refractivity contribution in [3.63, 3.8) is 0 Å². The van der Waals surface area contributed by atoms with Crippen molar-refractivity contribution < 1.29 is 0 Å². The molecule has 0 nitrogen and oxygen atoms in total. The van der Waals surface area contributed by atoms with Crippen LogP contribution in [0.2, 0.25) is 0 Å². The van der Waals surface area contributed by atoms with Gasteiger partial charge in [-0.15, -0.1) is 0 Å². The van der Waals surface area contributed by atoms with Crippen LogP contribution in [0, 0.1) is 23.2 Å². The van der Waals surface area contributed by atoms with Crippen molar-refractivity contribution in [3.05, 3.63) is 0 Å². The van der Waals surface area contributed by atoms with Crippen molar-refractivity contribution in [1.29, 1.82) is 0 Å². The standard InChI is InChI=1S/C17H36/c1-8-16(14(3)4)13-11-10-12-15(5)17(6,7)9-2/h14-16H,8-13H2,1-7H3. The summed E-state index contributed by atoms with van der Waals surface area (Å²) in [6, 6.07) is 0. The van der Waals surface area contributed by atoms with Gasteiger partial charge in [0.25, 0.3) is 0 Å². The van der Waals surface area contributed by atoms with E-state index in [-0.39, 0.29) is 0 Å². The Morgan fingerprint density at radius 1 is 0.882 bits per heavy atom. The van der Waals surface area contributed by atoms with Crippen LogP contribution in [-0.4, -0.2) is 0 Å². The summed E-state index contributed by atoms with van der Waals surface area (Å²) >= 11 is 0. The van der Waals surface area contributed by atoms with Crippen LogP contribution in [0.3, 0.4) is 0 Å². The molecule has 0 heteroatoms. The summed E-state index contributed by atoms with van der Waals surface area (Å²) in [5.41, 5.74) is 0.530. The van der Waals surface area contributed by atoms with Gasteiger partial charge in [0.2, 0.25) is 0 Å². The summed E-state index contributed by atoms with van der Waals surface area (Å²) < 4.78 is 0. The number of hydrogen-bond acceptors (Lipinski definition) is 0. The molecule has 0 saturated carbocycles. The predicted octanol–water partition coefficient (Wildman–Crippen LogP) is 6.30. The van der Waals surface area contributed by atoms with Gasteiger partial charge in [-0.3, -0.25) is 0 Å². The van der Waals surface area contributed by atoms with E-state index < -0.39 is 0 Å². The van der Waals surface area contributed by atoms with Crippen molar-refractivity contribution in [2.45, 2.75) is 87.0 Å². The summed E-state index contributed by atoms with van der Waals surface area (Å²) in [6.45, 7) is 16.7. The van der Waals surface area contributed by atoms with E-state index in [1.54, 1.807) is 0 Å². The van der Waals surface area contributed by atoms with E-state index in [2.05, 4.69) is 48.5 Å². The molecule has 2 unspecified atom stereocenters. The van der Waals surface area contributed by atoms with Crippen LogP contribution in [0.15, 0.2) is 0 Å². The Bertz CT molecular complexity index is 178. The first kappa shape index (κ1) is 17.0. The molecule has 0 rings (SSSR count). The quantitative estimate of drug-likeness (QED) is 0.415. The maximum Gasteiger partial charge on any atom is -0.0331 e. The SMILES string of the molecule is CCC(CCCCC(C)C(C)(C)CC)C(C)C. The molecule has 0 saturated heterocycles. The predicted molar refractivity (Wildman–Crippen MR) is 80.3 cm³/mol. The Morgan fingerprint density at radius 3 is 1.82 bits per heavy atom. The molecular formula is C17H36. The summed E-state index contributed by atoms with van der Waals surface area (Å²) in [4.78, 5) is 0. The lowest BCUT2D eigenvalue weighted by Crippen LogP contribution is -2.20. The maximum absolute atomic E-state index is 2.43. The van der Waals surface area contributed by atoms with Gasteiger partial charge in [0.15, 0.2) is 0 Å². The second kappa shape index (κ2) is 8.16. The molecule has 0 fully saturated rings. The smallest absolute Gasteiger partial charge is 0.0331 e. The molecule has 0 bridgehead atoms. The molecule has 0 spiro atoms. The lowest BCUT2D eigenvalue weighted by atomic mass is 9.75. The zero-order valence-corrected chi connectivity index (χ0v) is 13.5. The zero-order chi connectivity index (χ0) is 13.5. The lowest BCUT2D eigenvalue weighted by Gasteiger charge is -2.31. The molecule has 0 aliphatic heterocycles. The van der Waals surface area contributed by atoms with Crippen LogP contribution in [0.5, 0.6) is 0 Å². The van der Waals surface area contributed by atoms with Gasteiger partial charge in [-0.2, -0.15) is 0 Å². The third-order valence-corrected chi connectivity index (χ3v) is 5.17. The van der Waals surface area contributed by atoms with Gasteiger partial charge in [0.05, 0.1) is 0 Å². The molecule has 2 atom stereocenters. The molecule has 104 valence electrons. The molecule has 0 aromatic rings. The maximum atomic E-state index is 2.43. The largest absolute Gasteiger partial charge is 0.0651 e. The highest BCUT2D eigenvalue weighted by Crippen LogP contribution is 2.34. The van der Waals surface area contributed by atoms with Crippen molar-refractivity contribution in [2.24, 2.45) is 23.2 Å². The van der Waals surface area contributed by atoms with E-state index in [0.29, 0.717) is 5.41 Å². The second-order valence-electron chi connectivity index (χ2n) is 6.94. The van der Waals surface area contributed by atoms with E-state index in [0.717, 1.165) is 17.8 Å². The fourth-order valence-corrected chi connectivity index (χ4v) is 2.61. The summed E-state index contributed by atoms with van der Waals surface area (Å²) in [5.74, 6) is 2.68. The molecule has 0 heterocycles. The highest BCUT2D eigenvalue weighted by atomic mass is 14.3. The monoisotopic (exact) mass is 240 g/mol. The Morgan fingerprint density at radius 2 is 1.41 bits per heavy atom. The molecule has 0 aromatic heterocycles. The highest BCUT2D eigenvalue weighted by Gasteiger charge is 2.23. The molecular weight excluding hydrogens is 204 g/mol. The van der Waals surface area contributed by atoms with Crippen LogP contribution in [0.4, 0.5) is 0 Å². The fourth-order valence-electron chi connectivity index (χ4n) is 2.61. The van der Waals surface area contributed by atoms with Crippen LogP contribution in [-0.2, 0) is 0 Å². The van der Waals surface area contributed by atoms with Crippen LogP contribution < -0.4 is 0 Å². The zero-order valence-electron chi connectivity index (χ0n) is 13.5. The summed E-state index contributed by atoms with van der Waals surface area (Å²) in [6.07, 6.45) is 8.36. The van der Waals surface area contributed by atoms with Crippen LogP contribution in [0.25, 0.3) is 0 Å². The van der Waals surface area contributed by atoms with E-state index >= 15 is 0 Å². The summed E-state index contributed by atoms with van der Waals surface area (Å²) in [7, 11) is 0. The first-order chi connectivity index (χ1) is 7.85. The first-order valence-electron chi connectivity index (χ1n) is 7.85. The Balaban J connectivity index is 3.78. The van der Waals surface area contributed by atoms with Crippen molar-refractivity contribution in [1.82, 2.24) is 0 Å². The Kier molecular flexibility index (Phi) is 8.16. The van der Waals surface area contributed by atoms with Gasteiger partial charge in [0.1, 0.15) is 0 Å². The number of rotatable bonds is 9. The van der Waals surface area contributed by atoms with Gasteiger partial charge in [-0.1, -0.05) is 87.0 Å². The lowest BCUT2D eigenvalue weighted by molar-refractivity contribution is 0.202. The van der Waals surface area contributed by atoms with Gasteiger partial charge < -0.3 is 0 Å². The van der Waals surface area contributed by atoms with E-state index in [1.165, 1.54) is 38.5 Å². The van der Waals surface area contributed by atoms with Gasteiger partial charge in [-0.05, 0) is 23.2 Å². The fraction of sp³-hybridized carbons (Fsp3) is 1.00. The van der Waals surface area contributed by atoms with Gasteiger partial charge >= 0.3 is 0 Å². The van der Waals surface area contributed by atoms with Gasteiger partial charge in [0, 0.05) is 0 Å². The molecule has 0 N–H and O–H groups in total. The molecule has 0 aromatic carbocycles. The van der Waals surface area contributed by atoms with Crippen molar-refractivity contribution in [3.8, 4) is 0 Å². The van der Waals surface area contributed by atoms with Crippen LogP contribution in [0.1, 0.15) is 87.0 Å². The average Bonchev–Trinajstić information content (AvgIpc) is 2.28. The molecule has 0 radical (unpaired) electrons. The number of hydrogen-bond donors (Lipinski definition) is 0. The topological polar surface area (TPSA) is 0 Å². The number of unbranched alkanes of at least 4 members (excludes halogenated alkanes) is 1. The Labute approximate surface area is 111 Å². The normalized spacial score (nSPS) is 16.2. The minimum Gasteiger partial charge on any atom is -0.0651 e. The average molecular weight is 240 g/mol. The molecule has 0 aliphatic carbocycles. The van der Waals surface area contributed by atoms with Gasteiger partial charge in [-0.25, -0.2) is 0 Å². The third kappa shape index (κ3) is 6.48. The van der Waals surface area contributed by atoms with E-state index in [9.17, 15) is 0 Å². The molecule has 0 aliphatic rings. The minimum absolute atomic E-state index is 0.530. The molecule has 0 amide bonds. The van der Waals surface area contributed by atoms with Crippen LogP contribution >= 0.6 is 0 Å². The van der Waals surface area contributed by atoms with E-state index in [4.69, 9.17) is 0 Å². The second-order valence-corrected chi connectivity index (χ2v) is 6.94. The summed E-state index contributed by atoms with van der Waals surface area (Å²) in [5, 5.41) is 0. The highest BCUT2D eigenvalue weighted by molar-refractivity contribution is 4.73. The van der Waals surface area contributed by atoms with Crippen molar-refractivity contribution in [2.75, 3.05) is 0 Å². The molecule has 17 heavy (non-hydrogen) atoms. The van der Waals surface area contributed by atoms with E-state index in [1.807, 2.05) is 0 Å².